The van der Waals surface area contributed by atoms with Crippen molar-refractivity contribution in [2.45, 2.75) is 72.1 Å². The number of amides is 2. The van der Waals surface area contributed by atoms with Gasteiger partial charge in [0, 0.05) is 36.9 Å². The van der Waals surface area contributed by atoms with Gasteiger partial charge in [-0.1, -0.05) is 33.6 Å². The summed E-state index contributed by atoms with van der Waals surface area (Å²) in [6.45, 7) is 8.87. The summed E-state index contributed by atoms with van der Waals surface area (Å²) in [4.78, 5) is 27.8. The number of unbranched alkanes of at least 4 members (excludes halogenated alkanes) is 1. The maximum Gasteiger partial charge on any atom is 0.253 e. The Morgan fingerprint density at radius 1 is 1.07 bits per heavy atom. The van der Waals surface area contributed by atoms with Gasteiger partial charge in [-0.2, -0.15) is 0 Å². The van der Waals surface area contributed by atoms with Crippen LogP contribution in [0.3, 0.4) is 0 Å². The minimum atomic E-state index is -0.0588. The van der Waals surface area contributed by atoms with Gasteiger partial charge in [-0.15, -0.1) is 0 Å². The zero-order chi connectivity index (χ0) is 20.4. The van der Waals surface area contributed by atoms with Gasteiger partial charge in [0.05, 0.1) is 5.56 Å². The molecule has 1 fully saturated rings. The van der Waals surface area contributed by atoms with Crippen molar-refractivity contribution in [2.24, 2.45) is 5.92 Å². The standard InChI is InChI=1S/C23H37N3O2/c1-4-7-11-18(6-3)22(27)25-19-12-13-21(26-15-9-8-10-16-26)20(17-19)23(28)24-14-5-2/h12-13,17-18H,4-11,14-16H2,1-3H3,(H,24,28)(H,25,27)/t18-/m1/s1. The van der Waals surface area contributed by atoms with Gasteiger partial charge in [0.15, 0.2) is 0 Å². The molecule has 0 saturated carbocycles. The minimum absolute atomic E-state index is 0.0269. The summed E-state index contributed by atoms with van der Waals surface area (Å²) in [5, 5.41) is 6.04. The monoisotopic (exact) mass is 387 g/mol. The van der Waals surface area contributed by atoms with Crippen molar-refractivity contribution < 1.29 is 9.59 Å². The van der Waals surface area contributed by atoms with Gasteiger partial charge in [0.1, 0.15) is 0 Å². The molecule has 0 radical (unpaired) electrons. The highest BCUT2D eigenvalue weighted by Crippen LogP contribution is 2.28. The van der Waals surface area contributed by atoms with E-state index in [-0.39, 0.29) is 17.7 Å². The number of hydrogen-bond donors (Lipinski definition) is 2. The van der Waals surface area contributed by atoms with Gasteiger partial charge in [-0.25, -0.2) is 0 Å². The largest absolute Gasteiger partial charge is 0.371 e. The van der Waals surface area contributed by atoms with Crippen LogP contribution in [0.15, 0.2) is 18.2 Å². The molecule has 2 amide bonds. The van der Waals surface area contributed by atoms with Gasteiger partial charge < -0.3 is 15.5 Å². The van der Waals surface area contributed by atoms with E-state index in [0.29, 0.717) is 17.8 Å². The first-order chi connectivity index (χ1) is 13.6. The van der Waals surface area contributed by atoms with Crippen LogP contribution in [-0.4, -0.2) is 31.4 Å². The fourth-order valence-electron chi connectivity index (χ4n) is 3.76. The smallest absolute Gasteiger partial charge is 0.253 e. The molecule has 1 aliphatic heterocycles. The Labute approximate surface area is 170 Å². The van der Waals surface area contributed by atoms with E-state index in [0.717, 1.165) is 63.7 Å². The molecule has 5 nitrogen and oxygen atoms in total. The van der Waals surface area contributed by atoms with Crippen LogP contribution < -0.4 is 15.5 Å². The fraction of sp³-hybridized carbons (Fsp3) is 0.652. The third kappa shape index (κ3) is 6.25. The van der Waals surface area contributed by atoms with Gasteiger partial charge in [0.25, 0.3) is 5.91 Å². The molecule has 0 bridgehead atoms. The molecular weight excluding hydrogens is 350 g/mol. The second-order valence-corrected chi connectivity index (χ2v) is 7.77. The Balaban J connectivity index is 2.21. The third-order valence-electron chi connectivity index (χ3n) is 5.51. The molecule has 2 rings (SSSR count). The van der Waals surface area contributed by atoms with Crippen LogP contribution in [0.2, 0.25) is 0 Å². The molecular formula is C23H37N3O2. The van der Waals surface area contributed by atoms with Crippen LogP contribution in [0.4, 0.5) is 11.4 Å². The van der Waals surface area contributed by atoms with Gasteiger partial charge in [-0.05, 0) is 56.7 Å². The summed E-state index contributed by atoms with van der Waals surface area (Å²) in [6, 6.07) is 5.78. The summed E-state index contributed by atoms with van der Waals surface area (Å²) in [6.07, 6.45) is 8.36. The summed E-state index contributed by atoms with van der Waals surface area (Å²) < 4.78 is 0. The Hall–Kier alpha value is -2.04. The predicted molar refractivity (Wildman–Crippen MR) is 117 cm³/mol. The lowest BCUT2D eigenvalue weighted by Crippen LogP contribution is -2.33. The average molecular weight is 388 g/mol. The molecule has 0 aliphatic carbocycles. The van der Waals surface area contributed by atoms with Crippen molar-refractivity contribution in [3.8, 4) is 0 Å². The number of nitrogens with zero attached hydrogens (tertiary/aromatic N) is 1. The third-order valence-corrected chi connectivity index (χ3v) is 5.51. The molecule has 1 atom stereocenters. The average Bonchev–Trinajstić information content (AvgIpc) is 2.73. The van der Waals surface area contributed by atoms with Crippen LogP contribution in [0.25, 0.3) is 0 Å². The maximum atomic E-state index is 12.8. The molecule has 28 heavy (non-hydrogen) atoms. The first-order valence-electron chi connectivity index (χ1n) is 11.1. The van der Waals surface area contributed by atoms with Crippen LogP contribution in [0, 0.1) is 5.92 Å². The topological polar surface area (TPSA) is 61.4 Å². The molecule has 1 aliphatic rings. The van der Waals surface area contributed by atoms with E-state index in [9.17, 15) is 9.59 Å². The van der Waals surface area contributed by atoms with E-state index in [4.69, 9.17) is 0 Å². The van der Waals surface area contributed by atoms with E-state index < -0.39 is 0 Å². The Kier molecular flexibility index (Phi) is 9.32. The first kappa shape index (κ1) is 22.3. The Bertz CT molecular complexity index is 639. The van der Waals surface area contributed by atoms with Crippen molar-refractivity contribution >= 4 is 23.2 Å². The Morgan fingerprint density at radius 3 is 2.46 bits per heavy atom. The summed E-state index contributed by atoms with van der Waals surface area (Å²) in [5.41, 5.74) is 2.35. The lowest BCUT2D eigenvalue weighted by atomic mass is 9.98. The van der Waals surface area contributed by atoms with Crippen molar-refractivity contribution in [1.29, 1.82) is 0 Å². The Morgan fingerprint density at radius 2 is 1.82 bits per heavy atom. The summed E-state index contributed by atoms with van der Waals surface area (Å²) >= 11 is 0. The fourth-order valence-corrected chi connectivity index (χ4v) is 3.76. The van der Waals surface area contributed by atoms with Gasteiger partial charge in [0.2, 0.25) is 5.91 Å². The number of hydrogen-bond acceptors (Lipinski definition) is 3. The molecule has 1 aromatic rings. The molecule has 1 saturated heterocycles. The van der Waals surface area contributed by atoms with Crippen LogP contribution in [0.5, 0.6) is 0 Å². The number of anilines is 2. The number of benzene rings is 1. The van der Waals surface area contributed by atoms with Gasteiger partial charge >= 0.3 is 0 Å². The zero-order valence-electron chi connectivity index (χ0n) is 17.9. The highest BCUT2D eigenvalue weighted by Gasteiger charge is 2.21. The molecule has 1 aromatic carbocycles. The number of piperidine rings is 1. The second-order valence-electron chi connectivity index (χ2n) is 7.77. The van der Waals surface area contributed by atoms with Crippen LogP contribution in [0.1, 0.15) is 82.5 Å². The molecule has 0 aromatic heterocycles. The quantitative estimate of drug-likeness (QED) is 0.596. The van der Waals surface area contributed by atoms with E-state index >= 15 is 0 Å². The normalized spacial score (nSPS) is 15.2. The van der Waals surface area contributed by atoms with E-state index in [1.165, 1.54) is 6.42 Å². The first-order valence-corrected chi connectivity index (χ1v) is 11.1. The van der Waals surface area contributed by atoms with Crippen molar-refractivity contribution in [1.82, 2.24) is 5.32 Å². The van der Waals surface area contributed by atoms with E-state index in [1.807, 2.05) is 25.1 Å². The van der Waals surface area contributed by atoms with Crippen molar-refractivity contribution in [3.05, 3.63) is 23.8 Å². The molecule has 1 heterocycles. The van der Waals surface area contributed by atoms with E-state index in [1.54, 1.807) is 0 Å². The predicted octanol–water partition coefficient (Wildman–Crippen LogP) is 4.97. The molecule has 0 spiro atoms. The van der Waals surface area contributed by atoms with Crippen molar-refractivity contribution in [3.63, 3.8) is 0 Å². The summed E-state index contributed by atoms with van der Waals surface area (Å²) in [5.74, 6) is 0.0252. The molecule has 0 unspecified atom stereocenters. The highest BCUT2D eigenvalue weighted by atomic mass is 16.2. The molecule has 5 heteroatoms. The minimum Gasteiger partial charge on any atom is -0.371 e. The number of nitrogens with one attached hydrogen (secondary N) is 2. The summed E-state index contributed by atoms with van der Waals surface area (Å²) in [7, 11) is 0. The van der Waals surface area contributed by atoms with Gasteiger partial charge in [-0.3, -0.25) is 9.59 Å². The maximum absolute atomic E-state index is 12.8. The molecule has 2 N–H and O–H groups in total. The van der Waals surface area contributed by atoms with Crippen molar-refractivity contribution in [2.75, 3.05) is 29.9 Å². The number of rotatable bonds is 10. The zero-order valence-corrected chi connectivity index (χ0v) is 17.9. The number of carbonyl (C=O) groups is 2. The molecule has 156 valence electrons. The highest BCUT2D eigenvalue weighted by molar-refractivity contribution is 6.02. The lowest BCUT2D eigenvalue weighted by Gasteiger charge is -2.30. The van der Waals surface area contributed by atoms with Crippen LogP contribution in [-0.2, 0) is 4.79 Å². The SMILES string of the molecule is CCCC[C@@H](CC)C(=O)Nc1ccc(N2CCCCC2)c(C(=O)NCCC)c1. The number of carbonyl (C=O) groups excluding carboxylic acids is 2. The van der Waals surface area contributed by atoms with E-state index in [2.05, 4.69) is 29.4 Å². The second kappa shape index (κ2) is 11.7. The lowest BCUT2D eigenvalue weighted by molar-refractivity contribution is -0.120. The van der Waals surface area contributed by atoms with Crippen LogP contribution >= 0.6 is 0 Å².